The monoisotopic (exact) mass is 971 g/mol. The Bertz CT molecular complexity index is 1110. The van der Waals surface area contributed by atoms with Gasteiger partial charge in [0.1, 0.15) is 13.2 Å². The molecule has 0 amide bonds. The molecule has 0 heterocycles. The summed E-state index contributed by atoms with van der Waals surface area (Å²) in [6.45, 7) is 6.64. The van der Waals surface area contributed by atoms with E-state index in [1.54, 1.807) is 0 Å². The summed E-state index contributed by atoms with van der Waals surface area (Å²) in [6, 6.07) is 0. The first-order valence-electron chi connectivity index (χ1n) is 30.8. The van der Waals surface area contributed by atoms with E-state index in [-0.39, 0.29) is 31.1 Å². The van der Waals surface area contributed by atoms with Gasteiger partial charge in [-0.3, -0.25) is 14.4 Å². The molecule has 0 N–H and O–H groups in total. The van der Waals surface area contributed by atoms with E-state index in [1.807, 2.05) is 0 Å². The van der Waals surface area contributed by atoms with Gasteiger partial charge in [0.2, 0.25) is 0 Å². The summed E-state index contributed by atoms with van der Waals surface area (Å²) in [5.41, 5.74) is 0. The van der Waals surface area contributed by atoms with E-state index in [1.165, 1.54) is 238 Å². The zero-order chi connectivity index (χ0) is 50.0. The Morgan fingerprint density at radius 1 is 0.290 bits per heavy atom. The molecule has 0 spiro atoms. The molecule has 1 unspecified atom stereocenters. The Kier molecular flexibility index (Phi) is 56.7. The van der Waals surface area contributed by atoms with Gasteiger partial charge in [-0.1, -0.05) is 295 Å². The van der Waals surface area contributed by atoms with E-state index in [2.05, 4.69) is 45.1 Å². The van der Waals surface area contributed by atoms with E-state index in [4.69, 9.17) is 14.2 Å². The average Bonchev–Trinajstić information content (AvgIpc) is 3.35. The van der Waals surface area contributed by atoms with Gasteiger partial charge in [0.15, 0.2) is 6.10 Å². The van der Waals surface area contributed by atoms with Crippen molar-refractivity contribution in [2.24, 2.45) is 0 Å². The van der Waals surface area contributed by atoms with Crippen LogP contribution < -0.4 is 0 Å². The van der Waals surface area contributed by atoms with Crippen LogP contribution in [0.25, 0.3) is 0 Å². The van der Waals surface area contributed by atoms with Gasteiger partial charge >= 0.3 is 17.9 Å². The average molecular weight is 972 g/mol. The molecule has 6 nitrogen and oxygen atoms in total. The molecule has 0 saturated carbocycles. The SMILES string of the molecule is CCCCCCC/C=C\C/C=C\CCCCCCCCCCCC(=O)OC(COC(=O)CCCCCCCCC)COC(=O)CCCCCCCCCCCCCCCCCCCCCCCCC. The zero-order valence-electron chi connectivity index (χ0n) is 46.6. The largest absolute Gasteiger partial charge is 0.462 e. The molecule has 6 heteroatoms. The van der Waals surface area contributed by atoms with Crippen LogP contribution in [-0.4, -0.2) is 37.2 Å². The second-order valence-electron chi connectivity index (χ2n) is 21.0. The van der Waals surface area contributed by atoms with Gasteiger partial charge in [-0.15, -0.1) is 0 Å². The molecule has 0 aromatic carbocycles. The summed E-state index contributed by atoms with van der Waals surface area (Å²) in [7, 11) is 0. The zero-order valence-corrected chi connectivity index (χ0v) is 46.6. The van der Waals surface area contributed by atoms with Crippen LogP contribution in [0.4, 0.5) is 0 Å². The summed E-state index contributed by atoms with van der Waals surface area (Å²) in [5.74, 6) is -0.857. The fourth-order valence-electron chi connectivity index (χ4n) is 9.30. The van der Waals surface area contributed by atoms with Crippen LogP contribution in [0, 0.1) is 0 Å². The van der Waals surface area contributed by atoms with Crippen molar-refractivity contribution in [2.75, 3.05) is 13.2 Å². The van der Waals surface area contributed by atoms with Crippen LogP contribution in [0.3, 0.4) is 0 Å². The lowest BCUT2D eigenvalue weighted by Gasteiger charge is -2.18. The van der Waals surface area contributed by atoms with Gasteiger partial charge in [-0.05, 0) is 51.4 Å². The van der Waals surface area contributed by atoms with E-state index in [9.17, 15) is 14.4 Å². The molecule has 1 atom stereocenters. The lowest BCUT2D eigenvalue weighted by Crippen LogP contribution is -2.30. The van der Waals surface area contributed by atoms with Crippen LogP contribution in [0.5, 0.6) is 0 Å². The maximum atomic E-state index is 12.8. The number of carbonyl (C=O) groups excluding carboxylic acids is 3. The van der Waals surface area contributed by atoms with Crippen molar-refractivity contribution in [2.45, 2.75) is 348 Å². The highest BCUT2D eigenvalue weighted by Gasteiger charge is 2.19. The molecule has 406 valence electrons. The number of esters is 3. The fraction of sp³-hybridized carbons (Fsp3) is 0.889. The number of ether oxygens (including phenoxy) is 3. The molecule has 0 aliphatic heterocycles. The third-order valence-corrected chi connectivity index (χ3v) is 14.0. The molecule has 0 aromatic rings. The molecule has 0 aliphatic rings. The maximum absolute atomic E-state index is 12.8. The Morgan fingerprint density at radius 2 is 0.522 bits per heavy atom. The molecule has 0 radical (unpaired) electrons. The van der Waals surface area contributed by atoms with Crippen LogP contribution in [0.1, 0.15) is 342 Å². The van der Waals surface area contributed by atoms with Crippen molar-refractivity contribution in [1.82, 2.24) is 0 Å². The quantitative estimate of drug-likeness (QED) is 0.0261. The van der Waals surface area contributed by atoms with E-state index < -0.39 is 6.10 Å². The summed E-state index contributed by atoms with van der Waals surface area (Å²) in [6.07, 6.45) is 69.2. The van der Waals surface area contributed by atoms with Crippen LogP contribution >= 0.6 is 0 Å². The highest BCUT2D eigenvalue weighted by atomic mass is 16.6. The van der Waals surface area contributed by atoms with Crippen molar-refractivity contribution in [3.05, 3.63) is 24.3 Å². The summed E-state index contributed by atoms with van der Waals surface area (Å²) in [4.78, 5) is 38.0. The molecule has 0 fully saturated rings. The van der Waals surface area contributed by atoms with Crippen molar-refractivity contribution in [3.63, 3.8) is 0 Å². The van der Waals surface area contributed by atoms with Gasteiger partial charge in [-0.25, -0.2) is 0 Å². The highest BCUT2D eigenvalue weighted by molar-refractivity contribution is 5.71. The lowest BCUT2D eigenvalue weighted by molar-refractivity contribution is -0.167. The Morgan fingerprint density at radius 3 is 0.797 bits per heavy atom. The summed E-state index contributed by atoms with van der Waals surface area (Å²) < 4.78 is 16.8. The van der Waals surface area contributed by atoms with Crippen LogP contribution in [-0.2, 0) is 28.6 Å². The normalized spacial score (nSPS) is 12.1. The van der Waals surface area contributed by atoms with Crippen molar-refractivity contribution < 1.29 is 28.6 Å². The number of hydrogen-bond donors (Lipinski definition) is 0. The summed E-state index contributed by atoms with van der Waals surface area (Å²) >= 11 is 0. The second kappa shape index (κ2) is 58.5. The Balaban J connectivity index is 4.11. The minimum absolute atomic E-state index is 0.0679. The molecule has 0 rings (SSSR count). The van der Waals surface area contributed by atoms with Gasteiger partial charge in [0.25, 0.3) is 0 Å². The van der Waals surface area contributed by atoms with Crippen molar-refractivity contribution in [3.8, 4) is 0 Å². The van der Waals surface area contributed by atoms with Gasteiger partial charge in [0, 0.05) is 19.3 Å². The minimum atomic E-state index is -0.768. The van der Waals surface area contributed by atoms with Crippen LogP contribution in [0.15, 0.2) is 24.3 Å². The highest BCUT2D eigenvalue weighted by Crippen LogP contribution is 2.18. The molecule has 0 aromatic heterocycles. The van der Waals surface area contributed by atoms with Crippen LogP contribution in [0.2, 0.25) is 0 Å². The topological polar surface area (TPSA) is 78.9 Å². The predicted octanol–water partition coefficient (Wildman–Crippen LogP) is 20.7. The van der Waals surface area contributed by atoms with Gasteiger partial charge < -0.3 is 14.2 Å². The first-order chi connectivity index (χ1) is 34.0. The van der Waals surface area contributed by atoms with Gasteiger partial charge in [-0.2, -0.15) is 0 Å². The van der Waals surface area contributed by atoms with E-state index >= 15 is 0 Å². The second-order valence-corrected chi connectivity index (χ2v) is 21.0. The third kappa shape index (κ3) is 56.7. The number of hydrogen-bond acceptors (Lipinski definition) is 6. The Labute approximate surface area is 430 Å². The first-order valence-corrected chi connectivity index (χ1v) is 30.8. The third-order valence-electron chi connectivity index (χ3n) is 14.0. The van der Waals surface area contributed by atoms with E-state index in [0.29, 0.717) is 19.3 Å². The molecule has 0 aliphatic carbocycles. The van der Waals surface area contributed by atoms with Crippen molar-refractivity contribution in [1.29, 1.82) is 0 Å². The molecular weight excluding hydrogens is 853 g/mol. The molecule has 0 bridgehead atoms. The summed E-state index contributed by atoms with van der Waals surface area (Å²) in [5, 5.41) is 0. The first kappa shape index (κ1) is 66.9. The van der Waals surface area contributed by atoms with Gasteiger partial charge in [0.05, 0.1) is 0 Å². The predicted molar refractivity (Wildman–Crippen MR) is 298 cm³/mol. The fourth-order valence-corrected chi connectivity index (χ4v) is 9.30. The Hall–Kier alpha value is -2.11. The van der Waals surface area contributed by atoms with E-state index in [0.717, 1.165) is 64.2 Å². The molecule has 69 heavy (non-hydrogen) atoms. The maximum Gasteiger partial charge on any atom is 0.306 e. The van der Waals surface area contributed by atoms with Crippen molar-refractivity contribution >= 4 is 17.9 Å². The number of rotatable bonds is 57. The standard InChI is InChI=1S/C63H118O6/c1-4-7-10-13-16-18-20-22-24-26-28-30-31-33-34-36-38-40-42-44-47-50-53-56-62(65)68-59-60(58-67-61(64)55-52-49-46-15-12-9-6-3)69-63(66)57-54-51-48-45-43-41-39-37-35-32-29-27-25-23-21-19-17-14-11-8-5-2/h21,23,27,29,60H,4-20,22,24-26,28,30-59H2,1-3H3/b23-21-,29-27-. The number of unbranched alkanes of at least 4 members (excludes halogenated alkanes) is 42. The molecular formula is C63H118O6. The smallest absolute Gasteiger partial charge is 0.306 e. The lowest BCUT2D eigenvalue weighted by atomic mass is 10.0. The molecule has 0 saturated heterocycles. The number of carbonyl (C=O) groups is 3. The number of allylic oxidation sites excluding steroid dienone is 4. The minimum Gasteiger partial charge on any atom is -0.462 e.